The number of aryl methyl sites for hydroxylation is 2. The van der Waals surface area contributed by atoms with Gasteiger partial charge >= 0.3 is 0 Å². The van der Waals surface area contributed by atoms with Crippen molar-refractivity contribution in [2.75, 3.05) is 25.0 Å². The lowest BCUT2D eigenvalue weighted by Gasteiger charge is -2.14. The number of anilines is 1. The molecule has 0 spiro atoms. The van der Waals surface area contributed by atoms with Crippen LogP contribution in [0.1, 0.15) is 30.4 Å². The molecule has 0 radical (unpaired) electrons. The Hall–Kier alpha value is -2.81. The van der Waals surface area contributed by atoms with Crippen LogP contribution < -0.4 is 10.6 Å². The zero-order chi connectivity index (χ0) is 18.2. The van der Waals surface area contributed by atoms with Gasteiger partial charge in [0, 0.05) is 37.9 Å². The third kappa shape index (κ3) is 5.35. The summed E-state index contributed by atoms with van der Waals surface area (Å²) in [6.07, 6.45) is 3.79. The molecule has 2 rings (SSSR count). The van der Waals surface area contributed by atoms with Crippen LogP contribution in [-0.4, -0.2) is 36.3 Å². The molecule has 0 saturated carbocycles. The number of benzene rings is 1. The summed E-state index contributed by atoms with van der Waals surface area (Å²) in [6, 6.07) is 7.63. The average molecular weight is 340 g/mol. The van der Waals surface area contributed by atoms with Crippen LogP contribution in [0.3, 0.4) is 0 Å². The minimum Gasteiger partial charge on any atom is -0.390 e. The Kier molecular flexibility index (Phi) is 6.58. The first kappa shape index (κ1) is 18.5. The first-order chi connectivity index (χ1) is 12.0. The fourth-order valence-corrected chi connectivity index (χ4v) is 2.78. The smallest absolute Gasteiger partial charge is 0.267 e. The summed E-state index contributed by atoms with van der Waals surface area (Å²) in [4.78, 5) is 25.6. The van der Waals surface area contributed by atoms with Gasteiger partial charge in [-0.3, -0.25) is 9.59 Å². The van der Waals surface area contributed by atoms with Crippen LogP contribution in [0, 0.1) is 25.2 Å². The van der Waals surface area contributed by atoms with E-state index in [0.29, 0.717) is 25.2 Å². The Morgan fingerprint density at radius 2 is 2.20 bits per heavy atom. The van der Waals surface area contributed by atoms with Gasteiger partial charge in [0.25, 0.3) is 5.91 Å². The van der Waals surface area contributed by atoms with Crippen LogP contribution in [0.15, 0.2) is 30.0 Å². The van der Waals surface area contributed by atoms with Crippen LogP contribution in [0.2, 0.25) is 0 Å². The third-order valence-electron chi connectivity index (χ3n) is 4.16. The highest BCUT2D eigenvalue weighted by Gasteiger charge is 2.18. The van der Waals surface area contributed by atoms with Gasteiger partial charge in [-0.15, -0.1) is 0 Å². The number of amides is 2. The van der Waals surface area contributed by atoms with Gasteiger partial charge < -0.3 is 15.5 Å². The second kappa shape index (κ2) is 8.88. The molecule has 6 nitrogen and oxygen atoms in total. The number of hydrogen-bond donors (Lipinski definition) is 2. The van der Waals surface area contributed by atoms with E-state index in [2.05, 4.69) is 10.6 Å². The van der Waals surface area contributed by atoms with Crippen molar-refractivity contribution in [2.45, 2.75) is 33.1 Å². The average Bonchev–Trinajstić information content (AvgIpc) is 2.98. The third-order valence-corrected chi connectivity index (χ3v) is 4.16. The van der Waals surface area contributed by atoms with Gasteiger partial charge in [-0.1, -0.05) is 17.7 Å². The number of carbonyl (C=O) groups is 2. The fraction of sp³-hybridized carbons (Fsp3) is 0.421. The highest BCUT2D eigenvalue weighted by atomic mass is 16.2. The van der Waals surface area contributed by atoms with Gasteiger partial charge in [-0.25, -0.2) is 0 Å². The minimum atomic E-state index is -0.434. The summed E-state index contributed by atoms with van der Waals surface area (Å²) < 4.78 is 0. The summed E-state index contributed by atoms with van der Waals surface area (Å²) in [5, 5.41) is 14.9. The standard InChI is InChI=1S/C19H24N4O2/c1-14-6-7-17(15(2)11-14)22-19(25)16(12-20)13-21-8-4-10-23-9-3-5-18(23)24/h6-7,11,13,21H,3-5,8-10H2,1-2H3,(H,22,25)/b16-13-. The Balaban J connectivity index is 1.81. The van der Waals surface area contributed by atoms with Crippen LogP contribution in [0.5, 0.6) is 0 Å². The summed E-state index contributed by atoms with van der Waals surface area (Å²) >= 11 is 0. The summed E-state index contributed by atoms with van der Waals surface area (Å²) in [7, 11) is 0. The maximum Gasteiger partial charge on any atom is 0.267 e. The SMILES string of the molecule is Cc1ccc(NC(=O)/C(C#N)=C\NCCCN2CCCC2=O)c(C)c1. The topological polar surface area (TPSA) is 85.2 Å². The van der Waals surface area contributed by atoms with Crippen LogP contribution >= 0.6 is 0 Å². The van der Waals surface area contributed by atoms with E-state index in [9.17, 15) is 14.9 Å². The van der Waals surface area contributed by atoms with Crippen molar-refractivity contribution in [1.82, 2.24) is 10.2 Å². The molecule has 6 heteroatoms. The fourth-order valence-electron chi connectivity index (χ4n) is 2.78. The van der Waals surface area contributed by atoms with E-state index >= 15 is 0 Å². The van der Waals surface area contributed by atoms with Gasteiger partial charge in [0.2, 0.25) is 5.91 Å². The molecule has 2 N–H and O–H groups in total. The predicted molar refractivity (Wildman–Crippen MR) is 96.7 cm³/mol. The summed E-state index contributed by atoms with van der Waals surface area (Å²) in [5.74, 6) is -0.224. The van der Waals surface area contributed by atoms with E-state index in [1.807, 2.05) is 43.0 Å². The molecule has 0 unspecified atom stereocenters. The van der Waals surface area contributed by atoms with Crippen LogP contribution in [0.25, 0.3) is 0 Å². The Labute approximate surface area is 148 Å². The molecule has 25 heavy (non-hydrogen) atoms. The number of hydrogen-bond acceptors (Lipinski definition) is 4. The molecule has 1 aliphatic rings. The van der Waals surface area contributed by atoms with Crippen LogP contribution in [-0.2, 0) is 9.59 Å². The minimum absolute atomic E-state index is 0.0252. The van der Waals surface area contributed by atoms with Gasteiger partial charge in [0.05, 0.1) is 0 Å². The highest BCUT2D eigenvalue weighted by Crippen LogP contribution is 2.16. The maximum absolute atomic E-state index is 12.2. The molecular formula is C19H24N4O2. The Morgan fingerprint density at radius 1 is 1.40 bits per heavy atom. The van der Waals surface area contributed by atoms with Gasteiger partial charge in [0.1, 0.15) is 11.6 Å². The van der Waals surface area contributed by atoms with Crippen molar-refractivity contribution in [3.63, 3.8) is 0 Å². The van der Waals surface area contributed by atoms with E-state index in [0.717, 1.165) is 30.5 Å². The van der Waals surface area contributed by atoms with Crippen LogP contribution in [0.4, 0.5) is 5.69 Å². The largest absolute Gasteiger partial charge is 0.390 e. The number of nitriles is 1. The molecule has 1 aliphatic heterocycles. The molecule has 0 bridgehead atoms. The Morgan fingerprint density at radius 3 is 2.84 bits per heavy atom. The normalized spacial score (nSPS) is 14.4. The second-order valence-electron chi connectivity index (χ2n) is 6.23. The lowest BCUT2D eigenvalue weighted by molar-refractivity contribution is -0.127. The zero-order valence-electron chi connectivity index (χ0n) is 14.8. The molecule has 1 saturated heterocycles. The van der Waals surface area contributed by atoms with Crippen molar-refractivity contribution in [2.24, 2.45) is 0 Å². The van der Waals surface area contributed by atoms with E-state index in [1.54, 1.807) is 0 Å². The van der Waals surface area contributed by atoms with E-state index in [4.69, 9.17) is 0 Å². The molecule has 0 atom stereocenters. The van der Waals surface area contributed by atoms with Gasteiger partial charge in [-0.2, -0.15) is 5.26 Å². The molecule has 2 amide bonds. The molecule has 1 aromatic rings. The molecule has 0 aliphatic carbocycles. The molecule has 0 aromatic heterocycles. The second-order valence-corrected chi connectivity index (χ2v) is 6.23. The van der Waals surface area contributed by atoms with Gasteiger partial charge in [-0.05, 0) is 38.3 Å². The number of rotatable bonds is 7. The quantitative estimate of drug-likeness (QED) is 0.453. The molecule has 1 aromatic carbocycles. The summed E-state index contributed by atoms with van der Waals surface area (Å²) in [5.41, 5.74) is 2.79. The van der Waals surface area contributed by atoms with Gasteiger partial charge in [0.15, 0.2) is 0 Å². The first-order valence-electron chi connectivity index (χ1n) is 8.51. The van der Waals surface area contributed by atoms with E-state index < -0.39 is 5.91 Å². The van der Waals surface area contributed by atoms with Crippen molar-refractivity contribution >= 4 is 17.5 Å². The number of nitrogens with one attached hydrogen (secondary N) is 2. The predicted octanol–water partition coefficient (Wildman–Crippen LogP) is 2.25. The maximum atomic E-state index is 12.2. The molecule has 132 valence electrons. The number of nitrogens with zero attached hydrogens (tertiary/aromatic N) is 2. The van der Waals surface area contributed by atoms with Crippen molar-refractivity contribution in [3.8, 4) is 6.07 Å². The van der Waals surface area contributed by atoms with E-state index in [1.165, 1.54) is 6.20 Å². The number of likely N-dealkylation sites (tertiary alicyclic amines) is 1. The lowest BCUT2D eigenvalue weighted by Crippen LogP contribution is -2.27. The highest BCUT2D eigenvalue weighted by molar-refractivity contribution is 6.06. The summed E-state index contributed by atoms with van der Waals surface area (Å²) in [6.45, 7) is 6.04. The van der Waals surface area contributed by atoms with E-state index in [-0.39, 0.29) is 11.5 Å². The lowest BCUT2D eigenvalue weighted by atomic mass is 10.1. The molecule has 1 heterocycles. The monoisotopic (exact) mass is 340 g/mol. The van der Waals surface area contributed by atoms with Crippen molar-refractivity contribution in [3.05, 3.63) is 41.1 Å². The molecule has 1 fully saturated rings. The zero-order valence-corrected chi connectivity index (χ0v) is 14.8. The first-order valence-corrected chi connectivity index (χ1v) is 8.51. The number of carbonyl (C=O) groups excluding carboxylic acids is 2. The molecular weight excluding hydrogens is 316 g/mol. The Bertz CT molecular complexity index is 719. The van der Waals surface area contributed by atoms with Crippen molar-refractivity contribution in [1.29, 1.82) is 5.26 Å². The van der Waals surface area contributed by atoms with Crippen molar-refractivity contribution < 1.29 is 9.59 Å².